The third-order valence-corrected chi connectivity index (χ3v) is 11.6. The Hall–Kier alpha value is -3.67. The molecular weight excluding hydrogens is 829 g/mol. The number of unbranched alkanes of at least 4 members (excludes halogenated alkanes) is 22. The molecule has 6 heteroatoms. The number of carbonyl (C=O) groups is 3. The zero-order valence-corrected chi connectivity index (χ0v) is 43.6. The van der Waals surface area contributed by atoms with E-state index >= 15 is 0 Å². The molecule has 0 fully saturated rings. The molecule has 382 valence electrons. The summed E-state index contributed by atoms with van der Waals surface area (Å²) in [6, 6.07) is 0. The standard InChI is InChI=1S/C61H102O6/c1-4-7-10-13-16-18-20-22-24-26-27-28-29-30-31-32-33-34-35-36-38-39-41-43-45-48-51-54-60(63)66-57-58(56-65-59(62)53-50-47-15-12-9-6-3)67-61(64)55-52-49-46-44-42-40-37-25-23-21-19-17-14-11-8-5-2/h7,10,16,18-19,21-22,24-25,27-28,30-31,33-34,37,58H,4-6,8-9,11-15,17,20,23,26,29,32,35-36,38-57H2,1-3H3/b10-7-,18-16-,21-19-,24-22-,28-27-,31-30-,34-33-,37-25-. The number of esters is 3. The summed E-state index contributed by atoms with van der Waals surface area (Å²) in [6.07, 6.45) is 72.8. The number of allylic oxidation sites excluding steroid dienone is 16. The minimum Gasteiger partial charge on any atom is -0.462 e. The molecule has 0 aromatic heterocycles. The Kier molecular flexibility index (Phi) is 51.9. The highest BCUT2D eigenvalue weighted by molar-refractivity contribution is 5.71. The van der Waals surface area contributed by atoms with Crippen LogP contribution in [0, 0.1) is 0 Å². The second-order valence-corrected chi connectivity index (χ2v) is 18.1. The molecule has 1 atom stereocenters. The normalized spacial score (nSPS) is 12.8. The Morgan fingerprint density at radius 1 is 0.313 bits per heavy atom. The summed E-state index contributed by atoms with van der Waals surface area (Å²) in [4.78, 5) is 37.8. The molecule has 0 amide bonds. The van der Waals surface area contributed by atoms with Gasteiger partial charge in [-0.05, 0) is 103 Å². The second kappa shape index (κ2) is 54.9. The average Bonchev–Trinajstić information content (AvgIpc) is 3.33. The number of hydrogen-bond donors (Lipinski definition) is 0. The van der Waals surface area contributed by atoms with Gasteiger partial charge in [-0.25, -0.2) is 0 Å². The minimum absolute atomic E-state index is 0.0860. The monoisotopic (exact) mass is 931 g/mol. The number of rotatable bonds is 49. The third-order valence-electron chi connectivity index (χ3n) is 11.6. The van der Waals surface area contributed by atoms with Crippen molar-refractivity contribution in [1.82, 2.24) is 0 Å². The smallest absolute Gasteiger partial charge is 0.306 e. The van der Waals surface area contributed by atoms with Crippen molar-refractivity contribution in [3.8, 4) is 0 Å². The lowest BCUT2D eigenvalue weighted by atomic mass is 10.1. The summed E-state index contributed by atoms with van der Waals surface area (Å²) in [5.74, 6) is -0.919. The van der Waals surface area contributed by atoms with Crippen LogP contribution >= 0.6 is 0 Å². The molecule has 0 N–H and O–H groups in total. The Balaban J connectivity index is 4.18. The van der Waals surface area contributed by atoms with E-state index in [9.17, 15) is 14.4 Å². The first-order valence-corrected chi connectivity index (χ1v) is 27.7. The quantitative estimate of drug-likeness (QED) is 0.0262. The first-order chi connectivity index (χ1) is 33.0. The van der Waals surface area contributed by atoms with E-state index in [1.165, 1.54) is 83.5 Å². The molecule has 67 heavy (non-hydrogen) atoms. The summed E-state index contributed by atoms with van der Waals surface area (Å²) >= 11 is 0. The molecule has 0 aromatic carbocycles. The Morgan fingerprint density at radius 3 is 0.925 bits per heavy atom. The van der Waals surface area contributed by atoms with E-state index in [0.29, 0.717) is 19.3 Å². The highest BCUT2D eigenvalue weighted by Gasteiger charge is 2.19. The van der Waals surface area contributed by atoms with Gasteiger partial charge in [-0.1, -0.05) is 227 Å². The van der Waals surface area contributed by atoms with Crippen LogP contribution in [0.5, 0.6) is 0 Å². The van der Waals surface area contributed by atoms with Gasteiger partial charge in [0.25, 0.3) is 0 Å². The van der Waals surface area contributed by atoms with Crippen molar-refractivity contribution in [2.24, 2.45) is 0 Å². The van der Waals surface area contributed by atoms with Gasteiger partial charge in [0.05, 0.1) is 0 Å². The highest BCUT2D eigenvalue weighted by atomic mass is 16.6. The molecule has 0 aliphatic heterocycles. The fourth-order valence-electron chi connectivity index (χ4n) is 7.42. The maximum atomic E-state index is 12.8. The van der Waals surface area contributed by atoms with Crippen LogP contribution in [-0.4, -0.2) is 37.2 Å². The molecule has 0 spiro atoms. The Bertz CT molecular complexity index is 1350. The SMILES string of the molecule is CC/C=C\C/C=C\C/C=C\C/C=C\C/C=C\C/C=C\CCCCCCCCCCC(=O)OCC(COC(=O)CCCCCCCC)OC(=O)CCCCCCC/C=C\C/C=C\CCCCCC. The molecule has 0 bridgehead atoms. The van der Waals surface area contributed by atoms with Gasteiger partial charge < -0.3 is 14.2 Å². The first-order valence-electron chi connectivity index (χ1n) is 27.7. The van der Waals surface area contributed by atoms with Crippen LogP contribution in [0.15, 0.2) is 97.2 Å². The topological polar surface area (TPSA) is 78.9 Å². The largest absolute Gasteiger partial charge is 0.462 e. The van der Waals surface area contributed by atoms with Crippen LogP contribution in [0.3, 0.4) is 0 Å². The van der Waals surface area contributed by atoms with Gasteiger partial charge in [-0.2, -0.15) is 0 Å². The zero-order chi connectivity index (χ0) is 48.6. The lowest BCUT2D eigenvalue weighted by Gasteiger charge is -2.18. The van der Waals surface area contributed by atoms with Gasteiger partial charge in [0.15, 0.2) is 6.10 Å². The fourth-order valence-corrected chi connectivity index (χ4v) is 7.42. The second-order valence-electron chi connectivity index (χ2n) is 18.1. The zero-order valence-electron chi connectivity index (χ0n) is 43.6. The van der Waals surface area contributed by atoms with Gasteiger partial charge in [0.2, 0.25) is 0 Å². The van der Waals surface area contributed by atoms with Gasteiger partial charge in [0, 0.05) is 19.3 Å². The molecule has 0 saturated heterocycles. The average molecular weight is 931 g/mol. The molecule has 1 unspecified atom stereocenters. The molecule has 0 aromatic rings. The van der Waals surface area contributed by atoms with Gasteiger partial charge in [0.1, 0.15) is 13.2 Å². The van der Waals surface area contributed by atoms with E-state index in [2.05, 4.69) is 118 Å². The lowest BCUT2D eigenvalue weighted by molar-refractivity contribution is -0.167. The maximum absolute atomic E-state index is 12.8. The fraction of sp³-hybridized carbons (Fsp3) is 0.689. The van der Waals surface area contributed by atoms with Crippen molar-refractivity contribution in [2.45, 2.75) is 258 Å². The predicted octanol–water partition coefficient (Wildman–Crippen LogP) is 18.5. The van der Waals surface area contributed by atoms with E-state index in [1.54, 1.807) is 0 Å². The van der Waals surface area contributed by atoms with Crippen LogP contribution < -0.4 is 0 Å². The molecular formula is C61H102O6. The summed E-state index contributed by atoms with van der Waals surface area (Å²) in [5.41, 5.74) is 0. The van der Waals surface area contributed by atoms with Crippen LogP contribution in [0.2, 0.25) is 0 Å². The maximum Gasteiger partial charge on any atom is 0.306 e. The third kappa shape index (κ3) is 53.2. The van der Waals surface area contributed by atoms with Crippen molar-refractivity contribution < 1.29 is 28.6 Å². The van der Waals surface area contributed by atoms with E-state index in [1.807, 2.05) is 0 Å². The number of carbonyl (C=O) groups excluding carboxylic acids is 3. The predicted molar refractivity (Wildman–Crippen MR) is 288 cm³/mol. The lowest BCUT2D eigenvalue weighted by Crippen LogP contribution is -2.30. The van der Waals surface area contributed by atoms with E-state index in [-0.39, 0.29) is 31.1 Å². The summed E-state index contributed by atoms with van der Waals surface area (Å²) < 4.78 is 16.7. The van der Waals surface area contributed by atoms with Crippen LogP contribution in [0.25, 0.3) is 0 Å². The molecule has 6 nitrogen and oxygen atoms in total. The Morgan fingerprint density at radius 2 is 0.582 bits per heavy atom. The van der Waals surface area contributed by atoms with E-state index < -0.39 is 6.10 Å². The summed E-state index contributed by atoms with van der Waals surface area (Å²) in [5, 5.41) is 0. The molecule has 0 rings (SSSR count). The van der Waals surface area contributed by atoms with E-state index in [0.717, 1.165) is 128 Å². The first kappa shape index (κ1) is 63.3. The van der Waals surface area contributed by atoms with Crippen LogP contribution in [0.1, 0.15) is 252 Å². The molecule has 0 aliphatic carbocycles. The minimum atomic E-state index is -0.785. The summed E-state index contributed by atoms with van der Waals surface area (Å²) in [7, 11) is 0. The number of hydrogen-bond acceptors (Lipinski definition) is 6. The van der Waals surface area contributed by atoms with Gasteiger partial charge in [-0.3, -0.25) is 14.4 Å². The van der Waals surface area contributed by atoms with Crippen molar-refractivity contribution in [2.75, 3.05) is 13.2 Å². The van der Waals surface area contributed by atoms with Crippen LogP contribution in [0.4, 0.5) is 0 Å². The van der Waals surface area contributed by atoms with Crippen LogP contribution in [-0.2, 0) is 28.6 Å². The van der Waals surface area contributed by atoms with Crippen molar-refractivity contribution in [1.29, 1.82) is 0 Å². The molecule has 0 aliphatic rings. The summed E-state index contributed by atoms with van der Waals surface area (Å²) in [6.45, 7) is 6.43. The number of ether oxygens (including phenoxy) is 3. The van der Waals surface area contributed by atoms with Crippen molar-refractivity contribution in [3.05, 3.63) is 97.2 Å². The highest BCUT2D eigenvalue weighted by Crippen LogP contribution is 2.14. The van der Waals surface area contributed by atoms with E-state index in [4.69, 9.17) is 14.2 Å². The molecule has 0 saturated carbocycles. The Labute approximate surface area is 413 Å². The molecule has 0 heterocycles. The van der Waals surface area contributed by atoms with Gasteiger partial charge in [-0.15, -0.1) is 0 Å². The molecule has 0 radical (unpaired) electrons. The van der Waals surface area contributed by atoms with Crippen molar-refractivity contribution in [3.63, 3.8) is 0 Å². The van der Waals surface area contributed by atoms with Crippen molar-refractivity contribution >= 4 is 17.9 Å². The van der Waals surface area contributed by atoms with Gasteiger partial charge >= 0.3 is 17.9 Å².